The van der Waals surface area contributed by atoms with E-state index in [1.54, 1.807) is 4.68 Å². The third kappa shape index (κ3) is 7.16. The SMILES string of the molecule is CC(C)CCCC(C)NC(N)=NCCc1cnn(C)c1. The molecule has 0 aliphatic rings. The molecule has 0 saturated carbocycles. The summed E-state index contributed by atoms with van der Waals surface area (Å²) in [6.07, 6.45) is 8.38. The first-order chi connectivity index (χ1) is 9.47. The molecule has 0 aromatic carbocycles. The molecule has 0 amide bonds. The van der Waals surface area contributed by atoms with Gasteiger partial charge in [0, 0.05) is 25.8 Å². The highest BCUT2D eigenvalue weighted by Gasteiger charge is 2.03. The zero-order chi connectivity index (χ0) is 15.0. The van der Waals surface area contributed by atoms with Crippen LogP contribution in [0.5, 0.6) is 0 Å². The van der Waals surface area contributed by atoms with Crippen molar-refractivity contribution in [2.24, 2.45) is 23.7 Å². The Bertz CT molecular complexity index is 408. The van der Waals surface area contributed by atoms with Gasteiger partial charge in [0.05, 0.1) is 6.20 Å². The Balaban J connectivity index is 2.20. The van der Waals surface area contributed by atoms with Gasteiger partial charge in [-0.25, -0.2) is 0 Å². The van der Waals surface area contributed by atoms with Crippen LogP contribution in [0.25, 0.3) is 0 Å². The molecule has 3 N–H and O–H groups in total. The van der Waals surface area contributed by atoms with Crippen molar-refractivity contribution in [2.75, 3.05) is 6.54 Å². The lowest BCUT2D eigenvalue weighted by Crippen LogP contribution is -2.38. The van der Waals surface area contributed by atoms with Gasteiger partial charge in [0.2, 0.25) is 0 Å². The second-order valence-electron chi connectivity index (χ2n) is 5.91. The molecule has 0 fully saturated rings. The van der Waals surface area contributed by atoms with Crippen LogP contribution < -0.4 is 11.1 Å². The molecule has 20 heavy (non-hydrogen) atoms. The van der Waals surface area contributed by atoms with E-state index in [1.165, 1.54) is 18.4 Å². The fourth-order valence-electron chi connectivity index (χ4n) is 2.11. The Kier molecular flexibility index (Phi) is 7.12. The van der Waals surface area contributed by atoms with Gasteiger partial charge in [-0.2, -0.15) is 5.10 Å². The lowest BCUT2D eigenvalue weighted by molar-refractivity contribution is 0.493. The molecule has 1 unspecified atom stereocenters. The summed E-state index contributed by atoms with van der Waals surface area (Å²) in [4.78, 5) is 4.36. The minimum absolute atomic E-state index is 0.385. The van der Waals surface area contributed by atoms with Gasteiger partial charge in [0.25, 0.3) is 0 Å². The van der Waals surface area contributed by atoms with E-state index in [2.05, 4.69) is 36.2 Å². The van der Waals surface area contributed by atoms with Crippen molar-refractivity contribution in [3.63, 3.8) is 0 Å². The van der Waals surface area contributed by atoms with Crippen LogP contribution in [0.1, 0.15) is 45.6 Å². The Labute approximate surface area is 122 Å². The van der Waals surface area contributed by atoms with Gasteiger partial charge in [-0.15, -0.1) is 0 Å². The molecule has 5 heteroatoms. The molecule has 0 saturated heterocycles. The van der Waals surface area contributed by atoms with Crippen LogP contribution in [0.4, 0.5) is 0 Å². The predicted molar refractivity (Wildman–Crippen MR) is 84.7 cm³/mol. The molecule has 1 heterocycles. The number of nitrogens with one attached hydrogen (secondary N) is 1. The second-order valence-corrected chi connectivity index (χ2v) is 5.91. The standard InChI is InChI=1S/C15H29N5/c1-12(2)6-5-7-13(3)19-15(16)17-9-8-14-10-18-20(4)11-14/h10-13H,5-9H2,1-4H3,(H3,16,17,19). The first-order valence-corrected chi connectivity index (χ1v) is 7.51. The fraction of sp³-hybridized carbons (Fsp3) is 0.733. The number of nitrogens with zero attached hydrogens (tertiary/aromatic N) is 3. The van der Waals surface area contributed by atoms with Crippen molar-refractivity contribution in [1.82, 2.24) is 15.1 Å². The molecular weight excluding hydrogens is 250 g/mol. The van der Waals surface area contributed by atoms with Crippen molar-refractivity contribution < 1.29 is 0 Å². The predicted octanol–water partition coefficient (Wildman–Crippen LogP) is 2.08. The third-order valence-corrected chi connectivity index (χ3v) is 3.25. The topological polar surface area (TPSA) is 68.2 Å². The molecule has 0 spiro atoms. The van der Waals surface area contributed by atoms with Crippen LogP contribution in [0.3, 0.4) is 0 Å². The van der Waals surface area contributed by atoms with E-state index < -0.39 is 0 Å². The minimum atomic E-state index is 0.385. The molecule has 0 aliphatic carbocycles. The quantitative estimate of drug-likeness (QED) is 0.565. The molecular formula is C15H29N5. The van der Waals surface area contributed by atoms with Gasteiger partial charge in [-0.3, -0.25) is 9.67 Å². The van der Waals surface area contributed by atoms with E-state index in [9.17, 15) is 0 Å². The number of aryl methyl sites for hydroxylation is 1. The van der Waals surface area contributed by atoms with Crippen molar-refractivity contribution in [3.05, 3.63) is 18.0 Å². The van der Waals surface area contributed by atoms with Gasteiger partial charge < -0.3 is 11.1 Å². The van der Waals surface area contributed by atoms with Crippen LogP contribution in [-0.4, -0.2) is 28.3 Å². The van der Waals surface area contributed by atoms with Gasteiger partial charge in [-0.05, 0) is 31.2 Å². The van der Waals surface area contributed by atoms with Crippen molar-refractivity contribution in [2.45, 2.75) is 52.5 Å². The Morgan fingerprint density at radius 3 is 2.75 bits per heavy atom. The van der Waals surface area contributed by atoms with Crippen molar-refractivity contribution in [3.8, 4) is 0 Å². The molecule has 0 aliphatic heterocycles. The highest BCUT2D eigenvalue weighted by molar-refractivity contribution is 5.78. The molecule has 114 valence electrons. The van der Waals surface area contributed by atoms with Gasteiger partial charge in [-0.1, -0.05) is 26.7 Å². The summed E-state index contributed by atoms with van der Waals surface area (Å²) in [5.74, 6) is 1.32. The Morgan fingerprint density at radius 2 is 2.15 bits per heavy atom. The van der Waals surface area contributed by atoms with Crippen molar-refractivity contribution in [1.29, 1.82) is 0 Å². The molecule has 5 nitrogen and oxygen atoms in total. The summed E-state index contributed by atoms with van der Waals surface area (Å²) in [5.41, 5.74) is 7.08. The fourth-order valence-corrected chi connectivity index (χ4v) is 2.11. The molecule has 0 bridgehead atoms. The molecule has 0 radical (unpaired) electrons. The van der Waals surface area contributed by atoms with E-state index in [0.717, 1.165) is 18.8 Å². The number of guanidine groups is 1. The number of aromatic nitrogens is 2. The first kappa shape index (κ1) is 16.5. The summed E-state index contributed by atoms with van der Waals surface area (Å²) in [5, 5.41) is 7.38. The smallest absolute Gasteiger partial charge is 0.188 e. The van der Waals surface area contributed by atoms with Crippen LogP contribution in [0.15, 0.2) is 17.4 Å². The van der Waals surface area contributed by atoms with E-state index >= 15 is 0 Å². The van der Waals surface area contributed by atoms with Gasteiger partial charge in [0.15, 0.2) is 5.96 Å². The van der Waals surface area contributed by atoms with Crippen LogP contribution >= 0.6 is 0 Å². The van der Waals surface area contributed by atoms with Crippen LogP contribution in [0.2, 0.25) is 0 Å². The summed E-state index contributed by atoms with van der Waals surface area (Å²) >= 11 is 0. The number of hydrogen-bond acceptors (Lipinski definition) is 2. The zero-order valence-corrected chi connectivity index (χ0v) is 13.3. The number of nitrogens with two attached hydrogens (primary N) is 1. The second kappa shape index (κ2) is 8.61. The van der Waals surface area contributed by atoms with E-state index in [4.69, 9.17) is 5.73 Å². The van der Waals surface area contributed by atoms with Gasteiger partial charge in [0.1, 0.15) is 0 Å². The Morgan fingerprint density at radius 1 is 1.40 bits per heavy atom. The summed E-state index contributed by atoms with van der Waals surface area (Å²) in [6, 6.07) is 0.385. The average Bonchev–Trinajstić information content (AvgIpc) is 2.74. The number of rotatable bonds is 8. The lowest BCUT2D eigenvalue weighted by atomic mass is 10.0. The summed E-state index contributed by atoms with van der Waals surface area (Å²) in [7, 11) is 1.92. The summed E-state index contributed by atoms with van der Waals surface area (Å²) < 4.78 is 1.80. The van der Waals surface area contributed by atoms with Crippen molar-refractivity contribution >= 4 is 5.96 Å². The molecule has 1 atom stereocenters. The monoisotopic (exact) mass is 279 g/mol. The molecule has 1 aromatic heterocycles. The van der Waals surface area contributed by atoms with Crippen LogP contribution in [-0.2, 0) is 13.5 Å². The minimum Gasteiger partial charge on any atom is -0.370 e. The highest BCUT2D eigenvalue weighted by Crippen LogP contribution is 2.08. The van der Waals surface area contributed by atoms with E-state index in [1.807, 2.05) is 19.4 Å². The van der Waals surface area contributed by atoms with E-state index in [0.29, 0.717) is 18.5 Å². The summed E-state index contributed by atoms with van der Waals surface area (Å²) in [6.45, 7) is 7.37. The van der Waals surface area contributed by atoms with E-state index in [-0.39, 0.29) is 0 Å². The van der Waals surface area contributed by atoms with Gasteiger partial charge >= 0.3 is 0 Å². The number of hydrogen-bond donors (Lipinski definition) is 2. The maximum atomic E-state index is 5.89. The maximum Gasteiger partial charge on any atom is 0.188 e. The normalized spacial score (nSPS) is 13.8. The third-order valence-electron chi connectivity index (χ3n) is 3.25. The highest BCUT2D eigenvalue weighted by atomic mass is 15.2. The molecule has 1 aromatic rings. The van der Waals surface area contributed by atoms with Crippen LogP contribution in [0, 0.1) is 5.92 Å². The lowest BCUT2D eigenvalue weighted by Gasteiger charge is -2.15. The molecule has 1 rings (SSSR count). The average molecular weight is 279 g/mol. The largest absolute Gasteiger partial charge is 0.370 e. The Hall–Kier alpha value is -1.52. The first-order valence-electron chi connectivity index (χ1n) is 7.51. The number of aliphatic imine (C=N–C) groups is 1. The zero-order valence-electron chi connectivity index (χ0n) is 13.3. The maximum absolute atomic E-state index is 5.89.